The number of aryl methyl sites for hydroxylation is 3. The van der Waals surface area contributed by atoms with Gasteiger partial charge in [-0.3, -0.25) is 19.4 Å². The van der Waals surface area contributed by atoms with Crippen LogP contribution in [0.4, 0.5) is 0 Å². The topological polar surface area (TPSA) is 130 Å². The molecule has 3 aromatic rings. The van der Waals surface area contributed by atoms with Crippen molar-refractivity contribution in [2.75, 3.05) is 26.8 Å². The molecule has 2 aliphatic rings. The summed E-state index contributed by atoms with van der Waals surface area (Å²) in [7, 11) is 1.38. The molecule has 0 radical (unpaired) electrons. The number of fused-ring (bicyclic) bond motifs is 8. The van der Waals surface area contributed by atoms with E-state index in [4.69, 9.17) is 19.4 Å². The van der Waals surface area contributed by atoms with Gasteiger partial charge in [0, 0.05) is 70.2 Å². The zero-order valence-electron chi connectivity index (χ0n) is 46.8. The first-order valence-electron chi connectivity index (χ1n) is 27.2. The summed E-state index contributed by atoms with van der Waals surface area (Å²) in [6, 6.07) is 6.26. The van der Waals surface area contributed by atoms with E-state index in [1.54, 1.807) is 0 Å². The van der Waals surface area contributed by atoms with Gasteiger partial charge in [-0.15, -0.1) is 0 Å². The van der Waals surface area contributed by atoms with Crippen LogP contribution in [0.3, 0.4) is 0 Å². The molecular formula is C61H89MgN5O5+2. The molecule has 8 bridgehead atoms. The first-order valence-corrected chi connectivity index (χ1v) is 27.2. The standard InChI is InChI=1S/C61H89N5O5.Mg/c1-15-31-66(32-16-2)61(69)58-45(13)53-37-55-47(18-4)43(11)51(63-55)36-54-46(17-3)42(10)50(62-54)35-52-44(12)48(59(64-52)49(60(58)65-53)34-57(68)70-14)28-29-56(67)71-33-30-41(9)27-21-26-40(8)25-20-24-39(7)23-19-22-38(5)6;/h17,30,35-40,44,48,62-63H,3,15-16,18-29,31-34H2,1-2,4-14H3;/q;+2. The van der Waals surface area contributed by atoms with E-state index in [-0.39, 0.29) is 66.2 Å². The summed E-state index contributed by atoms with van der Waals surface area (Å²) in [6.45, 7) is 31.7. The molecule has 5 heterocycles. The first kappa shape index (κ1) is 60.1. The number of hydrogen-bond acceptors (Lipinski definition) is 7. The van der Waals surface area contributed by atoms with Gasteiger partial charge in [-0.2, -0.15) is 0 Å². The molecule has 1 amide bonds. The number of aromatic nitrogens is 4. The van der Waals surface area contributed by atoms with E-state index >= 15 is 0 Å². The summed E-state index contributed by atoms with van der Waals surface area (Å²) < 4.78 is 11.2. The monoisotopic (exact) mass is 996 g/mol. The number of aromatic amines is 2. The van der Waals surface area contributed by atoms with Gasteiger partial charge in [0.05, 0.1) is 36.2 Å². The van der Waals surface area contributed by atoms with Crippen LogP contribution in [0.25, 0.3) is 39.3 Å². The molecule has 2 N–H and O–H groups in total. The number of carbonyl (C=O) groups excluding carboxylic acids is 3. The van der Waals surface area contributed by atoms with Crippen LogP contribution in [0, 0.1) is 31.6 Å². The number of rotatable bonds is 26. The third-order valence-electron chi connectivity index (χ3n) is 15.2. The van der Waals surface area contributed by atoms with Gasteiger partial charge in [-0.25, -0.2) is 4.98 Å². The number of H-pyrrole nitrogens is 2. The molecule has 11 heteroatoms. The summed E-state index contributed by atoms with van der Waals surface area (Å²) in [5.41, 5.74) is 13.5. The second kappa shape index (κ2) is 28.8. The molecule has 0 spiro atoms. The van der Waals surface area contributed by atoms with Crippen LogP contribution < -0.4 is 0 Å². The minimum absolute atomic E-state index is 0. The van der Waals surface area contributed by atoms with Crippen LogP contribution in [0.5, 0.6) is 0 Å². The van der Waals surface area contributed by atoms with Crippen molar-refractivity contribution in [2.45, 2.75) is 191 Å². The fourth-order valence-corrected chi connectivity index (χ4v) is 10.8. The van der Waals surface area contributed by atoms with E-state index < -0.39 is 5.97 Å². The Hall–Kier alpha value is -4.48. The molecule has 72 heavy (non-hydrogen) atoms. The molecule has 4 atom stereocenters. The summed E-state index contributed by atoms with van der Waals surface area (Å²) in [5.74, 6) is 0.982. The van der Waals surface area contributed by atoms with Gasteiger partial charge in [-0.05, 0) is 131 Å². The zero-order valence-corrected chi connectivity index (χ0v) is 48.2. The SMILES string of the molecule is C=Cc1c(C)c2cc3nc(c(CC(=O)OC)c4nc(cc5[nH]c(cc1[nH]2)c(C)c5CC)C(C)=C4C(=O)N(CCC)CCC)C(CCC(=O)OCC=C(C)CCCC(C)CCCC(C)CCCC(C)C)C3C.[Mg+2]. The summed E-state index contributed by atoms with van der Waals surface area (Å²) in [4.78, 5) is 62.2. The fraction of sp³-hybridized carbons (Fsp3) is 0.590. The molecule has 0 aliphatic carbocycles. The zero-order chi connectivity index (χ0) is 51.9. The van der Waals surface area contributed by atoms with Gasteiger partial charge in [-0.1, -0.05) is 119 Å². The third-order valence-corrected chi connectivity index (χ3v) is 15.2. The predicted octanol–water partition coefficient (Wildman–Crippen LogP) is 14.6. The van der Waals surface area contributed by atoms with Gasteiger partial charge in [0.2, 0.25) is 0 Å². The van der Waals surface area contributed by atoms with Crippen molar-refractivity contribution >= 4 is 80.2 Å². The Morgan fingerprint density at radius 1 is 0.792 bits per heavy atom. The second-order valence-corrected chi connectivity index (χ2v) is 21.4. The van der Waals surface area contributed by atoms with Crippen molar-refractivity contribution in [3.63, 3.8) is 0 Å². The van der Waals surface area contributed by atoms with E-state index in [2.05, 4.69) is 105 Å². The summed E-state index contributed by atoms with van der Waals surface area (Å²) >= 11 is 0. The molecule has 0 saturated heterocycles. The largest absolute Gasteiger partial charge is 2.00 e. The van der Waals surface area contributed by atoms with Crippen LogP contribution in [0.1, 0.15) is 215 Å². The van der Waals surface area contributed by atoms with Crippen molar-refractivity contribution in [1.82, 2.24) is 24.8 Å². The van der Waals surface area contributed by atoms with Gasteiger partial charge in [0.15, 0.2) is 0 Å². The smallest absolute Gasteiger partial charge is 0.469 e. The molecule has 10 nitrogen and oxygen atoms in total. The number of nitrogens with zero attached hydrogens (tertiary/aromatic N) is 3. The van der Waals surface area contributed by atoms with Crippen molar-refractivity contribution in [2.24, 2.45) is 17.8 Å². The first-order chi connectivity index (χ1) is 34.0. The molecule has 0 fully saturated rings. The number of amides is 1. The molecular weight excluding hydrogens is 907 g/mol. The molecule has 388 valence electrons. The Kier molecular flexibility index (Phi) is 24.1. The minimum Gasteiger partial charge on any atom is -0.469 e. The van der Waals surface area contributed by atoms with Crippen LogP contribution in [-0.2, 0) is 36.7 Å². The van der Waals surface area contributed by atoms with Gasteiger partial charge < -0.3 is 24.3 Å². The molecule has 0 aromatic carbocycles. The molecule has 4 unspecified atom stereocenters. The van der Waals surface area contributed by atoms with Crippen molar-refractivity contribution in [1.29, 1.82) is 0 Å². The van der Waals surface area contributed by atoms with Gasteiger partial charge in [0.1, 0.15) is 6.61 Å². The number of carbonyl (C=O) groups is 3. The maximum absolute atomic E-state index is 15.0. The van der Waals surface area contributed by atoms with Crippen LogP contribution in [-0.4, -0.2) is 92.5 Å². The van der Waals surface area contributed by atoms with E-state index in [0.717, 1.165) is 99.5 Å². The second-order valence-electron chi connectivity index (χ2n) is 21.4. The van der Waals surface area contributed by atoms with E-state index in [0.29, 0.717) is 53.6 Å². The van der Waals surface area contributed by atoms with E-state index in [1.807, 2.05) is 30.0 Å². The Bertz CT molecular complexity index is 2580. The summed E-state index contributed by atoms with van der Waals surface area (Å²) in [6.07, 6.45) is 18.0. The Morgan fingerprint density at radius 2 is 1.42 bits per heavy atom. The third kappa shape index (κ3) is 15.5. The molecule has 5 rings (SSSR count). The van der Waals surface area contributed by atoms with E-state index in [9.17, 15) is 14.4 Å². The number of nitrogens with one attached hydrogen (secondary N) is 2. The maximum Gasteiger partial charge on any atom is 2.00 e. The Balaban J connectivity index is 0.0000112. The number of ether oxygens (including phenoxy) is 2. The maximum atomic E-state index is 15.0. The average molecular weight is 997 g/mol. The van der Waals surface area contributed by atoms with Crippen molar-refractivity contribution in [3.05, 3.63) is 87.0 Å². The Morgan fingerprint density at radius 3 is 2.03 bits per heavy atom. The number of allylic oxidation sites excluding steroid dienone is 2. The summed E-state index contributed by atoms with van der Waals surface area (Å²) in [5, 5.41) is 0. The number of methoxy groups -OCH3 is 1. The van der Waals surface area contributed by atoms with Gasteiger partial charge >= 0.3 is 35.0 Å². The van der Waals surface area contributed by atoms with Crippen molar-refractivity contribution < 1.29 is 23.9 Å². The van der Waals surface area contributed by atoms with Crippen LogP contribution >= 0.6 is 0 Å². The normalized spacial score (nSPS) is 15.6. The quantitative estimate of drug-likeness (QED) is 0.0465. The average Bonchev–Trinajstić information content (AvgIpc) is 4.01. The van der Waals surface area contributed by atoms with Crippen LogP contribution in [0.2, 0.25) is 0 Å². The van der Waals surface area contributed by atoms with Crippen LogP contribution in [0.15, 0.2) is 36.4 Å². The Labute approximate surface area is 449 Å². The molecule has 2 aliphatic heterocycles. The predicted molar refractivity (Wildman–Crippen MR) is 301 cm³/mol. The fourth-order valence-electron chi connectivity index (χ4n) is 10.8. The molecule has 3 aromatic heterocycles. The van der Waals surface area contributed by atoms with E-state index in [1.165, 1.54) is 57.6 Å². The number of esters is 2. The van der Waals surface area contributed by atoms with Gasteiger partial charge in [0.25, 0.3) is 5.91 Å². The minimum atomic E-state index is -0.466. The molecule has 0 saturated carbocycles. The number of hydrogen-bond donors (Lipinski definition) is 2. The van der Waals surface area contributed by atoms with Crippen molar-refractivity contribution in [3.8, 4) is 0 Å².